The first-order chi connectivity index (χ1) is 6.39. The highest BCUT2D eigenvalue weighted by molar-refractivity contribution is 7.86. The summed E-state index contributed by atoms with van der Waals surface area (Å²) in [7, 11) is -0.674. The summed E-state index contributed by atoms with van der Waals surface area (Å²) in [6.45, 7) is 0.0792. The average molecular weight is 262 g/mol. The Hall–Kier alpha value is 0.0500. The minimum Gasteiger partial charge on any atom is -0.329 e. The van der Waals surface area contributed by atoms with Gasteiger partial charge in [-0.1, -0.05) is 0 Å². The van der Waals surface area contributed by atoms with Gasteiger partial charge in [0.05, 0.1) is 0 Å². The van der Waals surface area contributed by atoms with Crippen LogP contribution in [0.15, 0.2) is 0 Å². The molecule has 2 atom stereocenters. The first-order valence-electron chi connectivity index (χ1n) is 4.43. The largest absolute Gasteiger partial charge is 0.329 e. The lowest BCUT2D eigenvalue weighted by Crippen LogP contribution is -2.45. The van der Waals surface area contributed by atoms with E-state index in [2.05, 4.69) is 0 Å². The number of rotatable bonds is 3. The SMILES string of the molecule is CN(C)S(=O)(=O)N1C[C@@H](F)C[C@H]1CN.Cl. The molecule has 0 aromatic heterocycles. The Balaban J connectivity index is 0.00000196. The van der Waals surface area contributed by atoms with E-state index in [1.165, 1.54) is 14.1 Å². The number of nitrogens with two attached hydrogens (primary N) is 1. The van der Waals surface area contributed by atoms with E-state index in [9.17, 15) is 12.8 Å². The summed E-state index contributed by atoms with van der Waals surface area (Å²) in [6, 6.07) is -0.405. The third kappa shape index (κ3) is 3.01. The fourth-order valence-electron chi connectivity index (χ4n) is 1.54. The fraction of sp³-hybridized carbons (Fsp3) is 1.00. The Kier molecular flexibility index (Phi) is 5.42. The van der Waals surface area contributed by atoms with E-state index >= 15 is 0 Å². The molecule has 92 valence electrons. The molecular weight excluding hydrogens is 245 g/mol. The normalized spacial score (nSPS) is 28.1. The standard InChI is InChI=1S/C7H16FN3O2S.ClH/c1-10(2)14(12,13)11-5-6(8)3-7(11)4-9;/h6-7H,3-5,9H2,1-2H3;1H/t6-,7-;/m0./s1. The molecule has 8 heteroatoms. The molecule has 15 heavy (non-hydrogen) atoms. The molecule has 1 aliphatic heterocycles. The van der Waals surface area contributed by atoms with Gasteiger partial charge in [-0.3, -0.25) is 0 Å². The first kappa shape index (κ1) is 15.0. The maximum absolute atomic E-state index is 13.0. The predicted molar refractivity (Wildman–Crippen MR) is 58.9 cm³/mol. The Bertz CT molecular complexity index is 299. The molecule has 1 rings (SSSR count). The Labute approximate surface area is 96.0 Å². The van der Waals surface area contributed by atoms with Crippen LogP contribution in [-0.2, 0) is 10.2 Å². The summed E-state index contributed by atoms with van der Waals surface area (Å²) in [5.74, 6) is 0. The summed E-state index contributed by atoms with van der Waals surface area (Å²) in [5.41, 5.74) is 5.39. The van der Waals surface area contributed by atoms with Crippen molar-refractivity contribution in [1.82, 2.24) is 8.61 Å². The minimum atomic E-state index is -3.52. The van der Waals surface area contributed by atoms with Crippen molar-refractivity contribution in [2.75, 3.05) is 27.2 Å². The maximum atomic E-state index is 13.0. The van der Waals surface area contributed by atoms with Crippen molar-refractivity contribution in [3.05, 3.63) is 0 Å². The van der Waals surface area contributed by atoms with Crippen LogP contribution in [0, 0.1) is 0 Å². The summed E-state index contributed by atoms with van der Waals surface area (Å²) < 4.78 is 38.6. The summed E-state index contributed by atoms with van der Waals surface area (Å²) in [5, 5.41) is 0. The summed E-state index contributed by atoms with van der Waals surface area (Å²) >= 11 is 0. The van der Waals surface area contributed by atoms with Gasteiger partial charge in [-0.15, -0.1) is 12.4 Å². The topological polar surface area (TPSA) is 66.6 Å². The average Bonchev–Trinajstić information content (AvgIpc) is 2.46. The molecule has 0 spiro atoms. The smallest absolute Gasteiger partial charge is 0.281 e. The molecule has 2 N–H and O–H groups in total. The van der Waals surface area contributed by atoms with E-state index in [-0.39, 0.29) is 31.9 Å². The zero-order valence-electron chi connectivity index (χ0n) is 8.76. The van der Waals surface area contributed by atoms with E-state index < -0.39 is 22.4 Å². The maximum Gasteiger partial charge on any atom is 0.281 e. The predicted octanol–water partition coefficient (Wildman–Crippen LogP) is -0.414. The van der Waals surface area contributed by atoms with Gasteiger partial charge in [0.1, 0.15) is 6.17 Å². The number of hydrogen-bond donors (Lipinski definition) is 1. The third-order valence-corrected chi connectivity index (χ3v) is 4.31. The van der Waals surface area contributed by atoms with Crippen LogP contribution in [0.25, 0.3) is 0 Å². The van der Waals surface area contributed by atoms with Gasteiger partial charge < -0.3 is 5.73 Å². The molecule has 1 fully saturated rings. The zero-order valence-corrected chi connectivity index (χ0v) is 10.4. The molecule has 1 saturated heterocycles. The van der Waals surface area contributed by atoms with Crippen molar-refractivity contribution in [3.8, 4) is 0 Å². The number of hydrogen-bond acceptors (Lipinski definition) is 3. The lowest BCUT2D eigenvalue weighted by atomic mass is 10.2. The third-order valence-electron chi connectivity index (χ3n) is 2.34. The summed E-state index contributed by atoms with van der Waals surface area (Å²) in [6.07, 6.45) is -0.901. The lowest BCUT2D eigenvalue weighted by Gasteiger charge is -2.25. The molecular formula is C7H17ClFN3O2S. The molecule has 5 nitrogen and oxygen atoms in total. The molecule has 0 bridgehead atoms. The molecule has 0 unspecified atom stereocenters. The molecule has 0 saturated carbocycles. The van der Waals surface area contributed by atoms with Gasteiger partial charge >= 0.3 is 0 Å². The molecule has 1 aliphatic rings. The van der Waals surface area contributed by atoms with Gasteiger partial charge in [0, 0.05) is 33.2 Å². The fourth-order valence-corrected chi connectivity index (χ4v) is 2.86. The molecule has 0 aliphatic carbocycles. The second kappa shape index (κ2) is 5.40. The molecule has 1 heterocycles. The van der Waals surface area contributed by atoms with Gasteiger partial charge in [0.2, 0.25) is 0 Å². The lowest BCUT2D eigenvalue weighted by molar-refractivity contribution is 0.332. The Morgan fingerprint density at radius 3 is 2.47 bits per heavy atom. The Morgan fingerprint density at radius 2 is 2.07 bits per heavy atom. The van der Waals surface area contributed by atoms with Gasteiger partial charge in [0.15, 0.2) is 0 Å². The van der Waals surface area contributed by atoms with Crippen LogP contribution in [0.3, 0.4) is 0 Å². The number of nitrogens with zero attached hydrogens (tertiary/aromatic N) is 2. The van der Waals surface area contributed by atoms with Crippen molar-refractivity contribution >= 4 is 22.6 Å². The first-order valence-corrected chi connectivity index (χ1v) is 5.82. The van der Waals surface area contributed by atoms with Crippen LogP contribution >= 0.6 is 12.4 Å². The van der Waals surface area contributed by atoms with Gasteiger partial charge in [-0.05, 0) is 6.42 Å². The second-order valence-corrected chi connectivity index (χ2v) is 5.68. The molecule has 0 aromatic carbocycles. The van der Waals surface area contributed by atoms with E-state index in [0.717, 1.165) is 8.61 Å². The highest BCUT2D eigenvalue weighted by Gasteiger charge is 2.39. The zero-order chi connectivity index (χ0) is 10.9. The quantitative estimate of drug-likeness (QED) is 0.751. The van der Waals surface area contributed by atoms with Gasteiger partial charge in [-0.25, -0.2) is 4.39 Å². The van der Waals surface area contributed by atoms with E-state index in [1.54, 1.807) is 0 Å². The molecule has 0 aromatic rings. The second-order valence-electron chi connectivity index (χ2n) is 3.58. The minimum absolute atomic E-state index is 0. The van der Waals surface area contributed by atoms with Crippen molar-refractivity contribution in [2.24, 2.45) is 5.73 Å². The van der Waals surface area contributed by atoms with E-state index in [0.29, 0.717) is 0 Å². The molecule has 0 radical (unpaired) electrons. The van der Waals surface area contributed by atoms with Gasteiger partial charge in [-0.2, -0.15) is 17.0 Å². The van der Waals surface area contributed by atoms with E-state index in [1.807, 2.05) is 0 Å². The van der Waals surface area contributed by atoms with Crippen molar-refractivity contribution in [1.29, 1.82) is 0 Å². The highest BCUT2D eigenvalue weighted by atomic mass is 35.5. The Morgan fingerprint density at radius 1 is 1.53 bits per heavy atom. The van der Waals surface area contributed by atoms with Crippen LogP contribution in [0.4, 0.5) is 4.39 Å². The van der Waals surface area contributed by atoms with E-state index in [4.69, 9.17) is 5.73 Å². The van der Waals surface area contributed by atoms with Crippen molar-refractivity contribution < 1.29 is 12.8 Å². The van der Waals surface area contributed by atoms with Crippen LogP contribution in [0.5, 0.6) is 0 Å². The number of halogens is 2. The van der Waals surface area contributed by atoms with Crippen LogP contribution in [-0.4, -0.2) is 56.4 Å². The highest BCUT2D eigenvalue weighted by Crippen LogP contribution is 2.23. The van der Waals surface area contributed by atoms with Crippen LogP contribution in [0.2, 0.25) is 0 Å². The van der Waals surface area contributed by atoms with Crippen LogP contribution in [0.1, 0.15) is 6.42 Å². The van der Waals surface area contributed by atoms with Crippen LogP contribution < -0.4 is 5.73 Å². The number of alkyl halides is 1. The van der Waals surface area contributed by atoms with Gasteiger partial charge in [0.25, 0.3) is 10.2 Å². The van der Waals surface area contributed by atoms with Crippen molar-refractivity contribution in [3.63, 3.8) is 0 Å². The molecule has 0 amide bonds. The van der Waals surface area contributed by atoms with Crippen molar-refractivity contribution in [2.45, 2.75) is 18.6 Å². The summed E-state index contributed by atoms with van der Waals surface area (Å²) in [4.78, 5) is 0. The monoisotopic (exact) mass is 261 g/mol.